The summed E-state index contributed by atoms with van der Waals surface area (Å²) >= 11 is 0. The van der Waals surface area contributed by atoms with Crippen molar-refractivity contribution >= 4 is 29.3 Å². The highest BCUT2D eigenvalue weighted by molar-refractivity contribution is 6.08. The van der Waals surface area contributed by atoms with E-state index >= 15 is 0 Å². The van der Waals surface area contributed by atoms with E-state index in [1.54, 1.807) is 0 Å². The van der Waals surface area contributed by atoms with E-state index in [0.717, 1.165) is 11.3 Å². The van der Waals surface area contributed by atoms with E-state index in [2.05, 4.69) is 12.2 Å². The highest BCUT2D eigenvalue weighted by Crippen LogP contribution is 2.65. The van der Waals surface area contributed by atoms with Gasteiger partial charge in [-0.05, 0) is 42.2 Å². The first-order chi connectivity index (χ1) is 14.4. The minimum Gasteiger partial charge on any atom is -0.456 e. The summed E-state index contributed by atoms with van der Waals surface area (Å²) in [5.41, 5.74) is 0.00628. The average Bonchev–Trinajstić information content (AvgIpc) is 3.53. The molecule has 0 spiro atoms. The molecule has 2 amide bonds. The maximum Gasteiger partial charge on any atom is 0.326 e. The Kier molecular flexibility index (Phi) is 4.09. The maximum atomic E-state index is 12.8. The molecule has 6 rings (SSSR count). The Morgan fingerprint density at radius 3 is 2.13 bits per heavy atom. The van der Waals surface area contributed by atoms with Gasteiger partial charge in [0.2, 0.25) is 11.8 Å². The van der Waals surface area contributed by atoms with Crippen molar-refractivity contribution in [3.63, 3.8) is 0 Å². The number of hydrogen-bond acceptors (Lipinski definition) is 7. The molecule has 9 nitrogen and oxygen atoms in total. The van der Waals surface area contributed by atoms with Gasteiger partial charge < -0.3 is 4.74 Å². The van der Waals surface area contributed by atoms with Crippen molar-refractivity contribution in [3.05, 3.63) is 52.1 Å². The second-order valence-electron chi connectivity index (χ2n) is 8.31. The molecule has 3 fully saturated rings. The van der Waals surface area contributed by atoms with Gasteiger partial charge in [0.25, 0.3) is 5.69 Å². The van der Waals surface area contributed by atoms with Gasteiger partial charge in [0.15, 0.2) is 12.4 Å². The van der Waals surface area contributed by atoms with Crippen LogP contribution < -0.4 is 0 Å². The first kappa shape index (κ1) is 18.7. The van der Waals surface area contributed by atoms with Gasteiger partial charge in [0.05, 0.1) is 16.8 Å². The van der Waals surface area contributed by atoms with Crippen LogP contribution in [-0.2, 0) is 19.1 Å². The maximum absolute atomic E-state index is 12.8. The van der Waals surface area contributed by atoms with E-state index in [1.807, 2.05) is 0 Å². The number of likely N-dealkylation sites (tertiary alicyclic amines) is 1. The first-order valence-electron chi connectivity index (χ1n) is 9.83. The van der Waals surface area contributed by atoms with Crippen LogP contribution in [0.15, 0.2) is 36.4 Å². The third-order valence-electron chi connectivity index (χ3n) is 6.81. The summed E-state index contributed by atoms with van der Waals surface area (Å²) in [6.07, 6.45) is 5.16. The number of allylic oxidation sites excluding steroid dienone is 2. The van der Waals surface area contributed by atoms with Gasteiger partial charge in [-0.3, -0.25) is 34.2 Å². The van der Waals surface area contributed by atoms with Crippen molar-refractivity contribution in [3.8, 4) is 0 Å². The summed E-state index contributed by atoms with van der Waals surface area (Å²) in [6.45, 7) is -1.08. The van der Waals surface area contributed by atoms with Crippen LogP contribution in [0.1, 0.15) is 16.8 Å². The van der Waals surface area contributed by atoms with E-state index in [1.165, 1.54) is 24.3 Å². The predicted molar refractivity (Wildman–Crippen MR) is 99.8 cm³/mol. The van der Waals surface area contributed by atoms with Crippen LogP contribution in [0.2, 0.25) is 0 Å². The first-order valence-corrected chi connectivity index (χ1v) is 9.83. The summed E-state index contributed by atoms with van der Waals surface area (Å²) in [5.74, 6) is -1.69. The van der Waals surface area contributed by atoms with E-state index < -0.39 is 29.8 Å². The van der Waals surface area contributed by atoms with E-state index in [4.69, 9.17) is 4.74 Å². The number of carbonyl (C=O) groups is 4. The Labute approximate surface area is 170 Å². The van der Waals surface area contributed by atoms with Crippen molar-refractivity contribution in [1.82, 2.24) is 4.90 Å². The number of amides is 2. The van der Waals surface area contributed by atoms with Gasteiger partial charge in [0.1, 0.15) is 6.54 Å². The molecular weight excluding hydrogens is 392 g/mol. The minimum absolute atomic E-state index is 0.0752. The van der Waals surface area contributed by atoms with Crippen molar-refractivity contribution < 1.29 is 28.8 Å². The second-order valence-corrected chi connectivity index (χ2v) is 8.31. The number of ketones is 1. The van der Waals surface area contributed by atoms with Crippen LogP contribution >= 0.6 is 0 Å². The normalized spacial score (nSPS) is 32.6. The number of hydrogen-bond donors (Lipinski definition) is 0. The fourth-order valence-electron chi connectivity index (χ4n) is 5.35. The fourth-order valence-corrected chi connectivity index (χ4v) is 5.35. The van der Waals surface area contributed by atoms with Gasteiger partial charge in [0, 0.05) is 17.7 Å². The molecule has 0 N–H and O–H groups in total. The molecular formula is C21H18N2O7. The molecule has 2 bridgehead atoms. The largest absolute Gasteiger partial charge is 0.456 e. The van der Waals surface area contributed by atoms with Crippen LogP contribution in [0.4, 0.5) is 5.69 Å². The Bertz CT molecular complexity index is 979. The molecule has 4 aliphatic carbocycles. The summed E-state index contributed by atoms with van der Waals surface area (Å²) in [5, 5.41) is 10.7. The molecule has 1 heterocycles. The van der Waals surface area contributed by atoms with E-state index in [9.17, 15) is 29.3 Å². The topological polar surface area (TPSA) is 124 Å². The number of nitro benzene ring substituents is 1. The lowest BCUT2D eigenvalue weighted by Gasteiger charge is -2.37. The minimum atomic E-state index is -0.837. The molecule has 0 radical (unpaired) electrons. The molecule has 2 saturated carbocycles. The molecule has 6 atom stereocenters. The van der Waals surface area contributed by atoms with Crippen molar-refractivity contribution in [2.45, 2.75) is 6.42 Å². The van der Waals surface area contributed by atoms with Crippen LogP contribution in [0.3, 0.4) is 0 Å². The van der Waals surface area contributed by atoms with Crippen molar-refractivity contribution in [2.75, 3.05) is 13.2 Å². The number of ether oxygens (including phenoxy) is 1. The highest BCUT2D eigenvalue weighted by Gasteiger charge is 2.67. The number of nitro groups is 1. The Hall–Kier alpha value is -3.36. The van der Waals surface area contributed by atoms with Crippen molar-refractivity contribution in [2.24, 2.45) is 35.5 Å². The van der Waals surface area contributed by atoms with Crippen LogP contribution in [-0.4, -0.2) is 46.5 Å². The highest BCUT2D eigenvalue weighted by atomic mass is 16.6. The quantitative estimate of drug-likeness (QED) is 0.173. The van der Waals surface area contributed by atoms with Crippen molar-refractivity contribution in [1.29, 1.82) is 0 Å². The molecule has 0 aromatic heterocycles. The van der Waals surface area contributed by atoms with Gasteiger partial charge in [-0.15, -0.1) is 0 Å². The zero-order chi connectivity index (χ0) is 21.2. The summed E-state index contributed by atoms with van der Waals surface area (Å²) < 4.78 is 4.96. The lowest BCUT2D eigenvalue weighted by Crippen LogP contribution is -2.40. The monoisotopic (exact) mass is 410 g/mol. The summed E-state index contributed by atoms with van der Waals surface area (Å²) in [7, 11) is 0. The summed E-state index contributed by atoms with van der Waals surface area (Å²) in [4.78, 5) is 61.0. The number of non-ortho nitro benzene ring substituents is 1. The Morgan fingerprint density at radius 1 is 1.03 bits per heavy atom. The number of nitrogens with zero attached hydrogens (tertiary/aromatic N) is 2. The number of carbonyl (C=O) groups excluding carboxylic acids is 4. The molecule has 5 aliphatic rings. The predicted octanol–water partition coefficient (Wildman–Crippen LogP) is 1.37. The molecule has 30 heavy (non-hydrogen) atoms. The van der Waals surface area contributed by atoms with Gasteiger partial charge >= 0.3 is 5.97 Å². The van der Waals surface area contributed by atoms with E-state index in [-0.39, 0.29) is 46.7 Å². The number of esters is 1. The van der Waals surface area contributed by atoms with Crippen LogP contribution in [0.5, 0.6) is 0 Å². The smallest absolute Gasteiger partial charge is 0.326 e. The standard InChI is InChI=1S/C21H18N2O7/c24-16(10-1-3-11(4-2-10)23(28)29)9-30-17(25)8-22-20(26)18-12-5-6-13(15-7-14(12)15)19(18)21(22)27/h1-6,12-15,18-19H,7-9H2/t12-,13-,14-,15+,18+,19+/m0/s1. The molecule has 9 heteroatoms. The Morgan fingerprint density at radius 2 is 1.60 bits per heavy atom. The molecule has 1 aromatic rings. The molecule has 1 aliphatic heterocycles. The van der Waals surface area contributed by atoms with Gasteiger partial charge in [-0.2, -0.15) is 0 Å². The third kappa shape index (κ3) is 2.76. The van der Waals surface area contributed by atoms with E-state index in [0.29, 0.717) is 11.8 Å². The molecule has 1 saturated heterocycles. The van der Waals surface area contributed by atoms with Gasteiger partial charge in [-0.1, -0.05) is 12.2 Å². The SMILES string of the molecule is O=C(CN1C(=O)[C@@H]2[C@H]3C=C[C@@H]([C@@H]4C[C@H]34)[C@H]2C1=O)OCC(=O)c1ccc([N+](=O)[O-])cc1. The molecule has 154 valence electrons. The third-order valence-corrected chi connectivity index (χ3v) is 6.81. The zero-order valence-corrected chi connectivity index (χ0v) is 15.8. The average molecular weight is 410 g/mol. The van der Waals surface area contributed by atoms with Crippen LogP contribution in [0.25, 0.3) is 0 Å². The summed E-state index contributed by atoms with van der Waals surface area (Å²) in [6, 6.07) is 4.93. The number of Topliss-reactive ketones (excluding diaryl/α,β-unsaturated/α-hetero) is 1. The lowest BCUT2D eigenvalue weighted by molar-refractivity contribution is -0.384. The molecule has 0 unspecified atom stereocenters. The number of imide groups is 1. The molecule has 1 aromatic carbocycles. The van der Waals surface area contributed by atoms with Gasteiger partial charge in [-0.25, -0.2) is 0 Å². The lowest BCUT2D eigenvalue weighted by atomic mass is 9.63. The second kappa shape index (κ2) is 6.58. The zero-order valence-electron chi connectivity index (χ0n) is 15.8. The number of rotatable bonds is 6. The van der Waals surface area contributed by atoms with Crippen LogP contribution in [0, 0.1) is 45.6 Å². The fraction of sp³-hybridized carbons (Fsp3) is 0.429. The number of benzene rings is 1. The Balaban J connectivity index is 1.19.